The first kappa shape index (κ1) is 17.8. The molecule has 2 aromatic carbocycles. The van der Waals surface area contributed by atoms with Gasteiger partial charge < -0.3 is 10.1 Å². The van der Waals surface area contributed by atoms with Gasteiger partial charge in [0.2, 0.25) is 0 Å². The van der Waals surface area contributed by atoms with E-state index in [1.54, 1.807) is 18.4 Å². The summed E-state index contributed by atoms with van der Waals surface area (Å²) in [4.78, 5) is 14.6. The lowest BCUT2D eigenvalue weighted by Crippen LogP contribution is -2.23. The molecule has 1 aliphatic rings. The molecule has 138 valence electrons. The van der Waals surface area contributed by atoms with E-state index in [0.29, 0.717) is 6.54 Å². The van der Waals surface area contributed by atoms with E-state index in [0.717, 1.165) is 36.3 Å². The Morgan fingerprint density at radius 2 is 1.89 bits per heavy atom. The second-order valence-corrected chi connectivity index (χ2v) is 7.89. The Bertz CT molecular complexity index is 946. The fourth-order valence-corrected chi connectivity index (χ4v) is 4.74. The first-order valence-corrected chi connectivity index (χ1v) is 10.2. The molecule has 0 saturated carbocycles. The molecule has 0 spiro atoms. The minimum absolute atomic E-state index is 0.0342. The fraction of sp³-hybridized carbons (Fsp3) is 0.261. The molecule has 1 aliphatic carbocycles. The number of rotatable bonds is 6. The normalized spacial score (nSPS) is 12.2. The number of ether oxygens (including phenoxy) is 1. The van der Waals surface area contributed by atoms with Gasteiger partial charge in [-0.05, 0) is 66.1 Å². The van der Waals surface area contributed by atoms with Crippen molar-refractivity contribution in [2.45, 2.75) is 25.7 Å². The number of amides is 1. The minimum Gasteiger partial charge on any atom is -0.497 e. The SMILES string of the molecule is COc1ccc2c(c1)-c1sc(C(=O)NCCCc3ccccc3)cc1CC2. The first-order valence-electron chi connectivity index (χ1n) is 9.37. The quantitative estimate of drug-likeness (QED) is 0.622. The molecular weight excluding hydrogens is 354 g/mol. The third kappa shape index (κ3) is 3.91. The summed E-state index contributed by atoms with van der Waals surface area (Å²) in [7, 11) is 1.69. The first-order chi connectivity index (χ1) is 13.2. The zero-order valence-corrected chi connectivity index (χ0v) is 16.3. The predicted octanol–water partition coefficient (Wildman–Crippen LogP) is 4.88. The lowest BCUT2D eigenvalue weighted by atomic mass is 9.91. The van der Waals surface area contributed by atoms with Gasteiger partial charge in [-0.1, -0.05) is 36.4 Å². The van der Waals surface area contributed by atoms with Crippen molar-refractivity contribution < 1.29 is 9.53 Å². The van der Waals surface area contributed by atoms with E-state index in [-0.39, 0.29) is 5.91 Å². The number of fused-ring (bicyclic) bond motifs is 3. The molecule has 3 aromatic rings. The molecule has 0 bridgehead atoms. The molecule has 1 heterocycles. The second kappa shape index (κ2) is 7.97. The summed E-state index contributed by atoms with van der Waals surface area (Å²) in [6.07, 6.45) is 3.93. The highest BCUT2D eigenvalue weighted by molar-refractivity contribution is 7.17. The summed E-state index contributed by atoms with van der Waals surface area (Å²) in [6, 6.07) is 18.7. The van der Waals surface area contributed by atoms with Crippen LogP contribution < -0.4 is 10.1 Å². The molecule has 1 aromatic heterocycles. The number of hydrogen-bond donors (Lipinski definition) is 1. The number of methoxy groups -OCH3 is 1. The van der Waals surface area contributed by atoms with Crippen molar-refractivity contribution >= 4 is 17.2 Å². The summed E-state index contributed by atoms with van der Waals surface area (Å²) in [5, 5.41) is 3.07. The third-order valence-corrected chi connectivity index (χ3v) is 6.24. The molecule has 4 heteroatoms. The van der Waals surface area contributed by atoms with Gasteiger partial charge in [-0.15, -0.1) is 11.3 Å². The van der Waals surface area contributed by atoms with E-state index >= 15 is 0 Å². The summed E-state index contributed by atoms with van der Waals surface area (Å²) in [6.45, 7) is 0.695. The van der Waals surface area contributed by atoms with Gasteiger partial charge in [0.15, 0.2) is 0 Å². The number of carbonyl (C=O) groups excluding carboxylic acids is 1. The monoisotopic (exact) mass is 377 g/mol. The highest BCUT2D eigenvalue weighted by atomic mass is 32.1. The number of nitrogens with one attached hydrogen (secondary N) is 1. The Kier molecular flexibility index (Phi) is 5.26. The molecule has 1 amide bonds. The standard InChI is InChI=1S/C23H23NO2S/c1-26-19-12-11-17-9-10-18-14-21(27-22(18)20(17)15-19)23(25)24-13-5-8-16-6-3-2-4-7-16/h2-4,6-7,11-12,14-15H,5,8-10,13H2,1H3,(H,24,25). The van der Waals surface area contributed by atoms with Crippen molar-refractivity contribution in [2.24, 2.45) is 0 Å². The zero-order chi connectivity index (χ0) is 18.6. The molecule has 0 aliphatic heterocycles. The Balaban J connectivity index is 1.42. The van der Waals surface area contributed by atoms with Crippen molar-refractivity contribution in [1.29, 1.82) is 0 Å². The Hall–Kier alpha value is -2.59. The van der Waals surface area contributed by atoms with Gasteiger partial charge in [0.25, 0.3) is 5.91 Å². The number of benzene rings is 2. The lowest BCUT2D eigenvalue weighted by molar-refractivity contribution is 0.0957. The van der Waals surface area contributed by atoms with Gasteiger partial charge in [-0.2, -0.15) is 0 Å². The van der Waals surface area contributed by atoms with Crippen LogP contribution >= 0.6 is 11.3 Å². The molecule has 27 heavy (non-hydrogen) atoms. The van der Waals surface area contributed by atoms with E-state index in [1.165, 1.54) is 27.1 Å². The summed E-state index contributed by atoms with van der Waals surface area (Å²) >= 11 is 1.59. The smallest absolute Gasteiger partial charge is 0.261 e. The largest absolute Gasteiger partial charge is 0.497 e. The highest BCUT2D eigenvalue weighted by Crippen LogP contribution is 2.41. The van der Waals surface area contributed by atoms with Gasteiger partial charge in [0, 0.05) is 11.4 Å². The molecule has 0 radical (unpaired) electrons. The number of aryl methyl sites for hydroxylation is 3. The van der Waals surface area contributed by atoms with E-state index in [2.05, 4.69) is 47.8 Å². The molecule has 0 fully saturated rings. The van der Waals surface area contributed by atoms with E-state index < -0.39 is 0 Å². The van der Waals surface area contributed by atoms with Gasteiger partial charge in [0.05, 0.1) is 12.0 Å². The maximum atomic E-state index is 12.6. The van der Waals surface area contributed by atoms with Crippen LogP contribution in [0.5, 0.6) is 5.75 Å². The Morgan fingerprint density at radius 3 is 2.70 bits per heavy atom. The van der Waals surface area contributed by atoms with Crippen LogP contribution in [0.3, 0.4) is 0 Å². The van der Waals surface area contributed by atoms with Crippen LogP contribution in [-0.4, -0.2) is 19.6 Å². The molecule has 4 rings (SSSR count). The summed E-state index contributed by atoms with van der Waals surface area (Å²) in [5.41, 5.74) is 5.13. The van der Waals surface area contributed by atoms with E-state index in [1.807, 2.05) is 12.1 Å². The average Bonchev–Trinajstić information content (AvgIpc) is 3.16. The molecule has 3 nitrogen and oxygen atoms in total. The third-order valence-electron chi connectivity index (χ3n) is 5.03. The van der Waals surface area contributed by atoms with Crippen molar-refractivity contribution in [2.75, 3.05) is 13.7 Å². The predicted molar refractivity (Wildman–Crippen MR) is 111 cm³/mol. The Labute approximate surface area is 164 Å². The van der Waals surface area contributed by atoms with Crippen molar-refractivity contribution in [3.05, 3.63) is 76.2 Å². The number of hydrogen-bond acceptors (Lipinski definition) is 3. The van der Waals surface area contributed by atoms with Crippen molar-refractivity contribution in [1.82, 2.24) is 5.32 Å². The highest BCUT2D eigenvalue weighted by Gasteiger charge is 2.22. The molecular formula is C23H23NO2S. The summed E-state index contributed by atoms with van der Waals surface area (Å²) < 4.78 is 5.38. The van der Waals surface area contributed by atoms with Gasteiger partial charge in [-0.3, -0.25) is 4.79 Å². The van der Waals surface area contributed by atoms with Gasteiger partial charge in [0.1, 0.15) is 5.75 Å². The fourth-order valence-electron chi connectivity index (χ4n) is 3.56. The van der Waals surface area contributed by atoms with Crippen LogP contribution in [0.2, 0.25) is 0 Å². The van der Waals surface area contributed by atoms with Gasteiger partial charge >= 0.3 is 0 Å². The molecule has 0 saturated heterocycles. The maximum Gasteiger partial charge on any atom is 0.261 e. The Morgan fingerprint density at radius 1 is 1.07 bits per heavy atom. The van der Waals surface area contributed by atoms with Crippen LogP contribution in [0.15, 0.2) is 54.6 Å². The van der Waals surface area contributed by atoms with Crippen molar-refractivity contribution in [3.8, 4) is 16.2 Å². The zero-order valence-electron chi connectivity index (χ0n) is 15.5. The van der Waals surface area contributed by atoms with Gasteiger partial charge in [-0.25, -0.2) is 0 Å². The topological polar surface area (TPSA) is 38.3 Å². The average molecular weight is 378 g/mol. The van der Waals surface area contributed by atoms with Crippen LogP contribution in [0, 0.1) is 0 Å². The number of thiophene rings is 1. The summed E-state index contributed by atoms with van der Waals surface area (Å²) in [5.74, 6) is 0.897. The van der Waals surface area contributed by atoms with Crippen LogP contribution in [-0.2, 0) is 19.3 Å². The molecule has 0 unspecified atom stereocenters. The molecule has 1 N–H and O–H groups in total. The second-order valence-electron chi connectivity index (χ2n) is 6.83. The van der Waals surface area contributed by atoms with Crippen LogP contribution in [0.25, 0.3) is 10.4 Å². The minimum atomic E-state index is 0.0342. The van der Waals surface area contributed by atoms with E-state index in [4.69, 9.17) is 4.74 Å². The van der Waals surface area contributed by atoms with E-state index in [9.17, 15) is 4.79 Å². The lowest BCUT2D eigenvalue weighted by Gasteiger charge is -2.16. The van der Waals surface area contributed by atoms with Crippen LogP contribution in [0.4, 0.5) is 0 Å². The maximum absolute atomic E-state index is 12.6. The van der Waals surface area contributed by atoms with Crippen molar-refractivity contribution in [3.63, 3.8) is 0 Å². The molecule has 0 atom stereocenters. The van der Waals surface area contributed by atoms with Crippen LogP contribution in [0.1, 0.15) is 32.8 Å². The number of carbonyl (C=O) groups is 1.